The zero-order valence-electron chi connectivity index (χ0n) is 12.7. The molecule has 0 spiro atoms. The third kappa shape index (κ3) is 2.63. The normalized spacial score (nSPS) is 24.5. The maximum Gasteiger partial charge on any atom is 0.129 e. The summed E-state index contributed by atoms with van der Waals surface area (Å²) in [4.78, 5) is 7.04. The highest BCUT2D eigenvalue weighted by Crippen LogP contribution is 2.28. The van der Waals surface area contributed by atoms with Crippen molar-refractivity contribution in [1.29, 1.82) is 0 Å². The molecule has 1 N–H and O–H groups in total. The Morgan fingerprint density at radius 2 is 2.00 bits per heavy atom. The van der Waals surface area contributed by atoms with Gasteiger partial charge in [0, 0.05) is 30.5 Å². The van der Waals surface area contributed by atoms with Crippen molar-refractivity contribution in [2.45, 2.75) is 31.8 Å². The van der Waals surface area contributed by atoms with Crippen LogP contribution in [-0.2, 0) is 0 Å². The molecule has 0 radical (unpaired) electrons. The average Bonchev–Trinajstić information content (AvgIpc) is 2.88. The monoisotopic (exact) mass is 298 g/mol. The van der Waals surface area contributed by atoms with Gasteiger partial charge in [0.05, 0.1) is 18.2 Å². The molecule has 116 valence electrons. The first kappa shape index (κ1) is 13.8. The van der Waals surface area contributed by atoms with E-state index in [1.54, 1.807) is 0 Å². The Bertz CT molecular complexity index is 669. The number of nitrogens with zero attached hydrogens (tertiary/aromatic N) is 2. The van der Waals surface area contributed by atoms with Gasteiger partial charge >= 0.3 is 0 Å². The smallest absolute Gasteiger partial charge is 0.129 e. The molecule has 1 aromatic heterocycles. The largest absolute Gasteiger partial charge is 0.493 e. The lowest BCUT2D eigenvalue weighted by atomic mass is 10.1. The van der Waals surface area contributed by atoms with Gasteiger partial charge in [-0.2, -0.15) is 0 Å². The van der Waals surface area contributed by atoms with Crippen LogP contribution in [0.2, 0.25) is 0 Å². The second-order valence-electron chi connectivity index (χ2n) is 6.43. The number of pyridine rings is 1. The fourth-order valence-electron chi connectivity index (χ4n) is 3.31. The maximum atomic E-state index is 9.87. The quantitative estimate of drug-likeness (QED) is 0.942. The molecule has 4 nitrogen and oxygen atoms in total. The van der Waals surface area contributed by atoms with Crippen molar-refractivity contribution < 1.29 is 9.84 Å². The molecule has 2 fully saturated rings. The zero-order chi connectivity index (χ0) is 14.9. The molecular formula is C18H22N2O2. The molecule has 2 heterocycles. The Labute approximate surface area is 130 Å². The van der Waals surface area contributed by atoms with Crippen LogP contribution in [0.4, 0.5) is 5.82 Å². The van der Waals surface area contributed by atoms with E-state index in [0.717, 1.165) is 54.8 Å². The Balaban J connectivity index is 1.51. The third-order valence-electron chi connectivity index (χ3n) is 4.91. The number of hydrogen-bond acceptors (Lipinski definition) is 4. The van der Waals surface area contributed by atoms with Gasteiger partial charge in [0.25, 0.3) is 0 Å². The first-order valence-corrected chi connectivity index (χ1v) is 8.26. The highest BCUT2D eigenvalue weighted by Gasteiger charge is 2.25. The number of hydrogen-bond donors (Lipinski definition) is 1. The van der Waals surface area contributed by atoms with Crippen LogP contribution in [0.25, 0.3) is 10.9 Å². The zero-order valence-corrected chi connectivity index (χ0v) is 12.7. The Kier molecular flexibility index (Phi) is 3.62. The lowest BCUT2D eigenvalue weighted by molar-refractivity contribution is 0.0986. The molecule has 2 aromatic rings. The summed E-state index contributed by atoms with van der Waals surface area (Å²) < 4.78 is 5.90. The first-order chi connectivity index (χ1) is 10.8. The van der Waals surface area contributed by atoms with Crippen molar-refractivity contribution in [3.8, 4) is 5.75 Å². The topological polar surface area (TPSA) is 45.6 Å². The van der Waals surface area contributed by atoms with Crippen LogP contribution in [0.3, 0.4) is 0 Å². The molecule has 0 bridgehead atoms. The fraction of sp³-hybridized carbons (Fsp3) is 0.500. The third-order valence-corrected chi connectivity index (χ3v) is 4.91. The lowest BCUT2D eigenvalue weighted by Crippen LogP contribution is -2.37. The number of aliphatic hydroxyl groups is 1. The molecule has 1 saturated heterocycles. The number of fused-ring (bicyclic) bond motifs is 1. The molecule has 2 atom stereocenters. The fourth-order valence-corrected chi connectivity index (χ4v) is 3.31. The number of aliphatic hydroxyl groups excluding tert-OH is 1. The van der Waals surface area contributed by atoms with Crippen LogP contribution in [-0.4, -0.2) is 35.9 Å². The molecule has 22 heavy (non-hydrogen) atoms. The van der Waals surface area contributed by atoms with E-state index in [0.29, 0.717) is 6.61 Å². The van der Waals surface area contributed by atoms with Crippen LogP contribution in [0.15, 0.2) is 30.3 Å². The number of ether oxygens (including phenoxy) is 1. The van der Waals surface area contributed by atoms with E-state index >= 15 is 0 Å². The minimum atomic E-state index is -0.198. The predicted octanol–water partition coefficient (Wildman–Crippen LogP) is 2.98. The van der Waals surface area contributed by atoms with Gasteiger partial charge in [-0.15, -0.1) is 0 Å². The van der Waals surface area contributed by atoms with E-state index < -0.39 is 0 Å². The van der Waals surface area contributed by atoms with Crippen LogP contribution in [0.1, 0.15) is 25.7 Å². The number of rotatable bonds is 4. The summed E-state index contributed by atoms with van der Waals surface area (Å²) in [5, 5.41) is 11.0. The second-order valence-corrected chi connectivity index (χ2v) is 6.43. The number of benzene rings is 1. The van der Waals surface area contributed by atoms with E-state index in [4.69, 9.17) is 9.72 Å². The van der Waals surface area contributed by atoms with Crippen LogP contribution >= 0.6 is 0 Å². The van der Waals surface area contributed by atoms with Crippen LogP contribution in [0.5, 0.6) is 5.75 Å². The predicted molar refractivity (Wildman–Crippen MR) is 87.4 cm³/mol. The van der Waals surface area contributed by atoms with E-state index in [9.17, 15) is 5.11 Å². The number of anilines is 1. The van der Waals surface area contributed by atoms with Crippen molar-refractivity contribution in [2.24, 2.45) is 5.92 Å². The molecule has 4 rings (SSSR count). The van der Waals surface area contributed by atoms with Crippen LogP contribution < -0.4 is 9.64 Å². The summed E-state index contributed by atoms with van der Waals surface area (Å²) in [6.07, 6.45) is 4.13. The minimum Gasteiger partial charge on any atom is -0.493 e. The van der Waals surface area contributed by atoms with Gasteiger partial charge in [-0.25, -0.2) is 4.98 Å². The molecule has 1 aliphatic heterocycles. The van der Waals surface area contributed by atoms with E-state index in [2.05, 4.69) is 23.1 Å². The van der Waals surface area contributed by atoms with Gasteiger partial charge < -0.3 is 14.7 Å². The summed E-state index contributed by atoms with van der Waals surface area (Å²) >= 11 is 0. The highest BCUT2D eigenvalue weighted by atomic mass is 16.5. The molecule has 0 amide bonds. The maximum absolute atomic E-state index is 9.87. The van der Waals surface area contributed by atoms with E-state index in [-0.39, 0.29) is 12.0 Å². The van der Waals surface area contributed by atoms with Gasteiger partial charge in [-0.3, -0.25) is 0 Å². The van der Waals surface area contributed by atoms with Crippen molar-refractivity contribution in [3.05, 3.63) is 30.3 Å². The minimum absolute atomic E-state index is 0.198. The van der Waals surface area contributed by atoms with Crippen LogP contribution in [0, 0.1) is 5.92 Å². The van der Waals surface area contributed by atoms with Crippen molar-refractivity contribution in [2.75, 3.05) is 24.6 Å². The van der Waals surface area contributed by atoms with E-state index in [1.165, 1.54) is 6.42 Å². The first-order valence-electron chi connectivity index (χ1n) is 8.26. The summed E-state index contributed by atoms with van der Waals surface area (Å²) in [5.41, 5.74) is 0.980. The lowest BCUT2D eigenvalue weighted by Gasteiger charge is -2.32. The highest BCUT2D eigenvalue weighted by molar-refractivity contribution is 5.81. The van der Waals surface area contributed by atoms with Crippen molar-refractivity contribution >= 4 is 16.7 Å². The SMILES string of the molecule is OC1CCCC1COc1ccc2ccc(N3CCC3)nc2c1. The molecule has 2 aliphatic rings. The van der Waals surface area contributed by atoms with Gasteiger partial charge in [-0.05, 0) is 43.5 Å². The van der Waals surface area contributed by atoms with Crippen molar-refractivity contribution in [3.63, 3.8) is 0 Å². The average molecular weight is 298 g/mol. The summed E-state index contributed by atoms with van der Waals surface area (Å²) in [6.45, 7) is 2.81. The standard InChI is InChI=1S/C18H22N2O2/c21-17-4-1-3-14(17)12-22-15-7-5-13-6-8-18(19-16(13)11-15)20-9-2-10-20/h5-8,11,14,17,21H,1-4,9-10,12H2. The Morgan fingerprint density at radius 3 is 2.73 bits per heavy atom. The van der Waals surface area contributed by atoms with Gasteiger partial charge in [0.15, 0.2) is 0 Å². The van der Waals surface area contributed by atoms with Gasteiger partial charge in [0.1, 0.15) is 11.6 Å². The Hall–Kier alpha value is -1.81. The van der Waals surface area contributed by atoms with Gasteiger partial charge in [-0.1, -0.05) is 6.42 Å². The molecule has 1 saturated carbocycles. The molecule has 4 heteroatoms. The Morgan fingerprint density at radius 1 is 1.14 bits per heavy atom. The van der Waals surface area contributed by atoms with Crippen molar-refractivity contribution in [1.82, 2.24) is 4.98 Å². The summed E-state index contributed by atoms with van der Waals surface area (Å²) in [6, 6.07) is 10.3. The second kappa shape index (κ2) is 5.76. The number of aromatic nitrogens is 1. The van der Waals surface area contributed by atoms with E-state index in [1.807, 2.05) is 12.1 Å². The molecule has 1 aromatic carbocycles. The molecule has 2 unspecified atom stereocenters. The van der Waals surface area contributed by atoms with Gasteiger partial charge in [0.2, 0.25) is 0 Å². The molecular weight excluding hydrogens is 276 g/mol. The summed E-state index contributed by atoms with van der Waals surface area (Å²) in [7, 11) is 0. The molecule has 1 aliphatic carbocycles. The summed E-state index contributed by atoms with van der Waals surface area (Å²) in [5.74, 6) is 2.18.